The fourth-order valence-electron chi connectivity index (χ4n) is 2.24. The molecule has 0 aliphatic rings. The number of carbonyl (C=O) groups excluding carboxylic acids is 1. The maximum Gasteiger partial charge on any atom is 0.300 e. The van der Waals surface area contributed by atoms with E-state index in [4.69, 9.17) is 16.3 Å². The number of nitrogens with one attached hydrogen (secondary N) is 1. The third kappa shape index (κ3) is 6.40. The van der Waals surface area contributed by atoms with Crippen molar-refractivity contribution in [1.82, 2.24) is 9.88 Å². The fourth-order valence-corrected chi connectivity index (χ4v) is 2.48. The van der Waals surface area contributed by atoms with E-state index in [0.29, 0.717) is 28.8 Å². The van der Waals surface area contributed by atoms with E-state index in [0.717, 1.165) is 19.6 Å². The molecule has 1 aromatic carbocycles. The molecule has 1 aromatic heterocycles. The van der Waals surface area contributed by atoms with Gasteiger partial charge in [-0.2, -0.15) is 0 Å². The van der Waals surface area contributed by atoms with Gasteiger partial charge in [0.1, 0.15) is 18.1 Å². The summed E-state index contributed by atoms with van der Waals surface area (Å²) in [7, 11) is 0. The molecule has 1 heterocycles. The summed E-state index contributed by atoms with van der Waals surface area (Å²) in [6.07, 6.45) is 1.63. The average Bonchev–Trinajstić information content (AvgIpc) is 2.66. The largest absolute Gasteiger partial charge is 0.491 e. The normalized spacial score (nSPS) is 10.2. The van der Waals surface area contributed by atoms with Gasteiger partial charge in [-0.15, -0.1) is 0 Å². The predicted molar refractivity (Wildman–Crippen MR) is 104 cm³/mol. The van der Waals surface area contributed by atoms with Crippen molar-refractivity contribution in [2.24, 2.45) is 0 Å². The summed E-state index contributed by atoms with van der Waals surface area (Å²) in [5.41, 5.74) is 1.10. The molecule has 0 spiro atoms. The van der Waals surface area contributed by atoms with E-state index in [-0.39, 0.29) is 0 Å². The van der Waals surface area contributed by atoms with E-state index >= 15 is 0 Å². The van der Waals surface area contributed by atoms with Crippen LogP contribution in [0.2, 0.25) is 5.02 Å². The van der Waals surface area contributed by atoms with Gasteiger partial charge in [0.05, 0.1) is 5.02 Å². The number of aromatic nitrogens is 1. The number of carbonyl (C=O) groups is 1. The molecule has 5 nitrogen and oxygen atoms in total. The maximum atomic E-state index is 11.9. The molecule has 0 radical (unpaired) electrons. The molecule has 0 saturated carbocycles. The Bertz CT molecular complexity index is 781. The smallest absolute Gasteiger partial charge is 0.300 e. The maximum absolute atomic E-state index is 11.9. The van der Waals surface area contributed by atoms with Gasteiger partial charge in [0, 0.05) is 24.3 Å². The molecule has 1 amide bonds. The van der Waals surface area contributed by atoms with Gasteiger partial charge in [-0.1, -0.05) is 31.5 Å². The van der Waals surface area contributed by atoms with Gasteiger partial charge in [0.2, 0.25) is 0 Å². The van der Waals surface area contributed by atoms with Gasteiger partial charge in [0.25, 0.3) is 0 Å². The van der Waals surface area contributed by atoms with Crippen molar-refractivity contribution in [3.8, 4) is 17.6 Å². The van der Waals surface area contributed by atoms with Gasteiger partial charge in [-0.05, 0) is 49.3 Å². The molecule has 0 aliphatic heterocycles. The second kappa shape index (κ2) is 10.4. The highest BCUT2D eigenvalue weighted by Crippen LogP contribution is 2.27. The minimum atomic E-state index is -0.429. The zero-order chi connectivity index (χ0) is 18.8. The Kier molecular flexibility index (Phi) is 7.94. The lowest BCUT2D eigenvalue weighted by Crippen LogP contribution is -2.27. The highest BCUT2D eigenvalue weighted by molar-refractivity contribution is 6.32. The molecule has 0 atom stereocenters. The highest BCUT2D eigenvalue weighted by Gasteiger charge is 2.06. The van der Waals surface area contributed by atoms with Crippen molar-refractivity contribution in [1.29, 1.82) is 0 Å². The SMILES string of the molecule is CCN(CC)CCOc1ccc(NC(=O)C#Cc2ccccn2)cc1Cl. The van der Waals surface area contributed by atoms with Crippen LogP contribution in [-0.4, -0.2) is 42.0 Å². The Hall–Kier alpha value is -2.55. The van der Waals surface area contributed by atoms with Crippen LogP contribution in [-0.2, 0) is 4.79 Å². The average molecular weight is 372 g/mol. The molecule has 6 heteroatoms. The zero-order valence-corrected chi connectivity index (χ0v) is 15.7. The van der Waals surface area contributed by atoms with Crippen LogP contribution >= 0.6 is 11.6 Å². The standard InChI is InChI=1S/C20H22ClN3O2/c1-3-24(4-2)13-14-26-19-10-8-17(15-18(19)21)23-20(25)11-9-16-7-5-6-12-22-16/h5-8,10,12,15H,3-4,13-14H2,1-2H3,(H,23,25). The first-order valence-corrected chi connectivity index (χ1v) is 8.89. The molecule has 0 bridgehead atoms. The molecule has 136 valence electrons. The van der Waals surface area contributed by atoms with Crippen molar-refractivity contribution in [2.45, 2.75) is 13.8 Å². The summed E-state index contributed by atoms with van der Waals surface area (Å²) in [5.74, 6) is 5.37. The van der Waals surface area contributed by atoms with Gasteiger partial charge in [0.15, 0.2) is 0 Å². The molecule has 0 unspecified atom stereocenters. The van der Waals surface area contributed by atoms with Crippen molar-refractivity contribution >= 4 is 23.2 Å². The lowest BCUT2D eigenvalue weighted by atomic mass is 10.3. The van der Waals surface area contributed by atoms with Crippen LogP contribution in [0, 0.1) is 11.8 Å². The summed E-state index contributed by atoms with van der Waals surface area (Å²) in [5, 5.41) is 3.13. The number of nitrogens with zero attached hydrogens (tertiary/aromatic N) is 2. The minimum Gasteiger partial charge on any atom is -0.491 e. The van der Waals surface area contributed by atoms with Crippen LogP contribution in [0.4, 0.5) is 5.69 Å². The molecule has 2 aromatic rings. The molecule has 0 fully saturated rings. The van der Waals surface area contributed by atoms with Crippen LogP contribution in [0.3, 0.4) is 0 Å². The molecule has 0 saturated heterocycles. The number of pyridine rings is 1. The number of amides is 1. The van der Waals surface area contributed by atoms with E-state index in [2.05, 4.69) is 40.9 Å². The summed E-state index contributed by atoms with van der Waals surface area (Å²) < 4.78 is 5.71. The highest BCUT2D eigenvalue weighted by atomic mass is 35.5. The molecular formula is C20H22ClN3O2. The molecular weight excluding hydrogens is 350 g/mol. The Balaban J connectivity index is 1.90. The fraction of sp³-hybridized carbons (Fsp3) is 0.300. The topological polar surface area (TPSA) is 54.5 Å². The van der Waals surface area contributed by atoms with Crippen LogP contribution in [0.5, 0.6) is 5.75 Å². The number of benzene rings is 1. The molecule has 1 N–H and O–H groups in total. The number of halogens is 1. The lowest BCUT2D eigenvalue weighted by Gasteiger charge is -2.18. The first-order valence-electron chi connectivity index (χ1n) is 8.51. The van der Waals surface area contributed by atoms with E-state index < -0.39 is 5.91 Å². The predicted octanol–water partition coefficient (Wildman–Crippen LogP) is 3.45. The number of anilines is 1. The van der Waals surface area contributed by atoms with Crippen molar-refractivity contribution < 1.29 is 9.53 Å². The van der Waals surface area contributed by atoms with Gasteiger partial charge in [-0.3, -0.25) is 4.79 Å². The second-order valence-corrected chi connectivity index (χ2v) is 5.85. The van der Waals surface area contributed by atoms with E-state index in [9.17, 15) is 4.79 Å². The number of likely N-dealkylation sites (N-methyl/N-ethyl adjacent to an activating group) is 1. The molecule has 2 rings (SSSR count). The molecule has 0 aliphatic carbocycles. The number of hydrogen-bond donors (Lipinski definition) is 1. The van der Waals surface area contributed by atoms with Gasteiger partial charge < -0.3 is 15.0 Å². The second-order valence-electron chi connectivity index (χ2n) is 5.44. The number of rotatable bonds is 7. The summed E-state index contributed by atoms with van der Waals surface area (Å²) in [6.45, 7) is 7.60. The Morgan fingerprint density at radius 3 is 2.73 bits per heavy atom. The summed E-state index contributed by atoms with van der Waals surface area (Å²) >= 11 is 6.23. The third-order valence-corrected chi connectivity index (χ3v) is 4.01. The van der Waals surface area contributed by atoms with Crippen LogP contribution in [0.1, 0.15) is 19.5 Å². The monoisotopic (exact) mass is 371 g/mol. The van der Waals surface area contributed by atoms with E-state index in [1.165, 1.54) is 0 Å². The van der Waals surface area contributed by atoms with Crippen molar-refractivity contribution in [2.75, 3.05) is 31.6 Å². The number of hydrogen-bond acceptors (Lipinski definition) is 4. The zero-order valence-electron chi connectivity index (χ0n) is 15.0. The van der Waals surface area contributed by atoms with Crippen molar-refractivity contribution in [3.63, 3.8) is 0 Å². The Morgan fingerprint density at radius 1 is 1.27 bits per heavy atom. The number of ether oxygens (including phenoxy) is 1. The Morgan fingerprint density at radius 2 is 2.08 bits per heavy atom. The van der Waals surface area contributed by atoms with E-state index in [1.807, 2.05) is 6.07 Å². The lowest BCUT2D eigenvalue weighted by molar-refractivity contribution is -0.111. The first kappa shape index (κ1) is 19.8. The third-order valence-electron chi connectivity index (χ3n) is 3.72. The molecule has 26 heavy (non-hydrogen) atoms. The first-order chi connectivity index (χ1) is 12.6. The van der Waals surface area contributed by atoms with E-state index in [1.54, 1.807) is 36.5 Å². The van der Waals surface area contributed by atoms with Crippen LogP contribution < -0.4 is 10.1 Å². The summed E-state index contributed by atoms with van der Waals surface area (Å²) in [4.78, 5) is 18.2. The van der Waals surface area contributed by atoms with Gasteiger partial charge in [-0.25, -0.2) is 4.98 Å². The van der Waals surface area contributed by atoms with Gasteiger partial charge >= 0.3 is 5.91 Å². The summed E-state index contributed by atoms with van der Waals surface area (Å²) in [6, 6.07) is 10.5. The van der Waals surface area contributed by atoms with Crippen LogP contribution in [0.15, 0.2) is 42.6 Å². The minimum absolute atomic E-state index is 0.429. The quantitative estimate of drug-likeness (QED) is 0.757. The van der Waals surface area contributed by atoms with Crippen molar-refractivity contribution in [3.05, 3.63) is 53.3 Å². The Labute approximate surface area is 159 Å². The van der Waals surface area contributed by atoms with Crippen LogP contribution in [0.25, 0.3) is 0 Å².